The fraction of sp³-hybridized carbons (Fsp3) is 0.676. The molecule has 0 aliphatic rings. The van der Waals surface area contributed by atoms with Crippen LogP contribution in [0.5, 0.6) is 0 Å². The number of phosphoric ester groups is 1. The Labute approximate surface area is 517 Å². The molecule has 0 aromatic carbocycles. The van der Waals surface area contributed by atoms with Crippen molar-refractivity contribution in [3.05, 3.63) is 134 Å². The Morgan fingerprint density at radius 3 is 0.952 bits per heavy atom. The zero-order chi connectivity index (χ0) is 61.2. The van der Waals surface area contributed by atoms with Gasteiger partial charge in [0.05, 0.1) is 27.7 Å². The minimum absolute atomic E-state index is 0.0259. The number of hydrogen-bond acceptors (Lipinski definition) is 7. The highest BCUT2D eigenvalue weighted by Gasteiger charge is 2.27. The van der Waals surface area contributed by atoms with Crippen LogP contribution >= 0.6 is 7.82 Å². The number of ether oxygens (including phenoxy) is 2. The van der Waals surface area contributed by atoms with E-state index in [9.17, 15) is 19.0 Å². The maximum Gasteiger partial charge on any atom is 0.472 e. The molecule has 0 bridgehead atoms. The minimum Gasteiger partial charge on any atom is -0.462 e. The van der Waals surface area contributed by atoms with Crippen molar-refractivity contribution >= 4 is 19.8 Å². The molecule has 0 aromatic rings. The van der Waals surface area contributed by atoms with Crippen LogP contribution in [0.4, 0.5) is 0 Å². The van der Waals surface area contributed by atoms with Gasteiger partial charge in [-0.3, -0.25) is 18.6 Å². The molecule has 0 rings (SSSR count). The number of hydrogen-bond donors (Lipinski definition) is 1. The highest BCUT2D eigenvalue weighted by atomic mass is 31.2. The summed E-state index contributed by atoms with van der Waals surface area (Å²) in [6.07, 6.45) is 92.5. The van der Waals surface area contributed by atoms with Crippen LogP contribution in [0.25, 0.3) is 0 Å². The second kappa shape index (κ2) is 63.6. The normalized spacial score (nSPS) is 14.0. The van der Waals surface area contributed by atoms with Gasteiger partial charge in [-0.15, -0.1) is 0 Å². The highest BCUT2D eigenvalue weighted by molar-refractivity contribution is 7.47. The monoisotopic (exact) mass is 1190 g/mol. The Hall–Kier alpha value is -3.85. The van der Waals surface area contributed by atoms with E-state index >= 15 is 0 Å². The molecule has 2 unspecified atom stereocenters. The summed E-state index contributed by atoms with van der Waals surface area (Å²) < 4.78 is 34.7. The smallest absolute Gasteiger partial charge is 0.462 e. The first-order chi connectivity index (χ1) is 41.0. The summed E-state index contributed by atoms with van der Waals surface area (Å²) in [4.78, 5) is 35.9. The van der Waals surface area contributed by atoms with Gasteiger partial charge >= 0.3 is 19.8 Å². The van der Waals surface area contributed by atoms with Crippen molar-refractivity contribution in [1.82, 2.24) is 0 Å². The molecule has 0 spiro atoms. The number of carbonyl (C=O) groups is 2. The first-order valence-corrected chi connectivity index (χ1v) is 35.4. The second-order valence-electron chi connectivity index (χ2n) is 23.4. The van der Waals surface area contributed by atoms with E-state index in [-0.39, 0.29) is 32.0 Å². The van der Waals surface area contributed by atoms with Gasteiger partial charge in [0.15, 0.2) is 6.10 Å². The number of allylic oxidation sites excluding steroid dienone is 22. The van der Waals surface area contributed by atoms with Crippen LogP contribution < -0.4 is 0 Å². The van der Waals surface area contributed by atoms with E-state index in [1.165, 1.54) is 128 Å². The van der Waals surface area contributed by atoms with E-state index in [0.29, 0.717) is 17.4 Å². The van der Waals surface area contributed by atoms with E-state index < -0.39 is 26.5 Å². The van der Waals surface area contributed by atoms with Crippen LogP contribution in [0.15, 0.2) is 134 Å². The Bertz CT molecular complexity index is 1880. The molecule has 0 amide bonds. The quantitative estimate of drug-likeness (QED) is 0.0211. The summed E-state index contributed by atoms with van der Waals surface area (Å²) in [5, 5.41) is 0. The fourth-order valence-corrected chi connectivity index (χ4v) is 9.79. The molecule has 0 radical (unpaired) electrons. The Morgan fingerprint density at radius 1 is 0.369 bits per heavy atom. The molecule has 1 N–H and O–H groups in total. The lowest BCUT2D eigenvalue weighted by Crippen LogP contribution is -2.37. The van der Waals surface area contributed by atoms with Gasteiger partial charge in [0.1, 0.15) is 19.8 Å². The van der Waals surface area contributed by atoms with Crippen LogP contribution in [0.3, 0.4) is 0 Å². The summed E-state index contributed by atoms with van der Waals surface area (Å²) in [5.41, 5.74) is 0. The molecule has 0 fully saturated rings. The first-order valence-electron chi connectivity index (χ1n) is 33.9. The Morgan fingerprint density at radius 2 is 0.643 bits per heavy atom. The van der Waals surface area contributed by atoms with Crippen molar-refractivity contribution < 1.29 is 42.1 Å². The van der Waals surface area contributed by atoms with Gasteiger partial charge in [-0.25, -0.2) is 4.57 Å². The van der Waals surface area contributed by atoms with Crippen molar-refractivity contribution in [2.45, 2.75) is 277 Å². The van der Waals surface area contributed by atoms with Crippen LogP contribution in [0, 0.1) is 0 Å². The third kappa shape index (κ3) is 67.3. The molecule has 480 valence electrons. The molecular weight excluding hydrogens is 1060 g/mol. The fourth-order valence-electron chi connectivity index (χ4n) is 9.05. The third-order valence-electron chi connectivity index (χ3n) is 14.2. The number of carbonyl (C=O) groups excluding carboxylic acids is 2. The topological polar surface area (TPSA) is 108 Å². The molecule has 0 saturated heterocycles. The lowest BCUT2D eigenvalue weighted by atomic mass is 10.0. The van der Waals surface area contributed by atoms with Gasteiger partial charge in [0, 0.05) is 12.8 Å². The van der Waals surface area contributed by atoms with E-state index in [0.717, 1.165) is 109 Å². The van der Waals surface area contributed by atoms with Gasteiger partial charge < -0.3 is 18.9 Å². The van der Waals surface area contributed by atoms with Gasteiger partial charge in [-0.1, -0.05) is 282 Å². The third-order valence-corrected chi connectivity index (χ3v) is 15.2. The molecule has 0 saturated carbocycles. The van der Waals surface area contributed by atoms with Gasteiger partial charge in [0.25, 0.3) is 0 Å². The summed E-state index contributed by atoms with van der Waals surface area (Å²) in [5.74, 6) is -0.802. The minimum atomic E-state index is -4.40. The summed E-state index contributed by atoms with van der Waals surface area (Å²) in [6, 6.07) is 0. The van der Waals surface area contributed by atoms with E-state index in [1.807, 2.05) is 21.1 Å². The number of phosphoric acid groups is 1. The Balaban J connectivity index is 4.09. The van der Waals surface area contributed by atoms with E-state index in [4.69, 9.17) is 18.5 Å². The molecule has 84 heavy (non-hydrogen) atoms. The largest absolute Gasteiger partial charge is 0.472 e. The predicted octanol–water partition coefficient (Wildman–Crippen LogP) is 22.0. The zero-order valence-electron chi connectivity index (χ0n) is 54.6. The van der Waals surface area contributed by atoms with Crippen LogP contribution in [0.2, 0.25) is 0 Å². The van der Waals surface area contributed by atoms with Crippen molar-refractivity contribution in [3.8, 4) is 0 Å². The maximum absolute atomic E-state index is 12.9. The summed E-state index contributed by atoms with van der Waals surface area (Å²) in [6.45, 7) is 4.21. The average molecular weight is 1190 g/mol. The van der Waals surface area contributed by atoms with Gasteiger partial charge in [-0.05, 0) is 109 Å². The lowest BCUT2D eigenvalue weighted by Gasteiger charge is -2.24. The van der Waals surface area contributed by atoms with Crippen LogP contribution in [-0.2, 0) is 32.7 Å². The number of quaternary nitrogens is 1. The molecule has 0 aliphatic heterocycles. The van der Waals surface area contributed by atoms with Crippen molar-refractivity contribution in [2.75, 3.05) is 47.5 Å². The van der Waals surface area contributed by atoms with Crippen LogP contribution in [0.1, 0.15) is 271 Å². The van der Waals surface area contributed by atoms with E-state index in [2.05, 4.69) is 148 Å². The van der Waals surface area contributed by atoms with E-state index in [1.54, 1.807) is 0 Å². The molecule has 0 aromatic heterocycles. The van der Waals surface area contributed by atoms with Crippen molar-refractivity contribution in [2.24, 2.45) is 0 Å². The average Bonchev–Trinajstić information content (AvgIpc) is 3.61. The summed E-state index contributed by atoms with van der Waals surface area (Å²) >= 11 is 0. The lowest BCUT2D eigenvalue weighted by molar-refractivity contribution is -0.870. The standard InChI is InChI=1S/C74H126NO8P/c1-6-8-10-12-14-16-18-20-22-24-26-28-30-32-33-34-35-36-37-38-39-40-41-43-45-47-49-51-53-55-57-59-61-63-65-67-74(77)83-72(71-82-84(78,79)81-69-68-75(3,4)5)70-80-73(76)66-64-62-60-58-56-54-52-50-48-46-44-42-31-29-27-25-23-21-19-17-15-13-11-9-7-2/h8-11,14-17,20-23,26-29,32-33,35-36,38-39,72H,6-7,12-13,18-19,24-25,30-31,34,37,40-71H2,1-5H3/p+1/b10-8-,11-9-,16-14-,17-15-,22-20-,23-21-,28-26-,29-27-,33-32-,36-35-,39-38-. The zero-order valence-corrected chi connectivity index (χ0v) is 55.5. The van der Waals surface area contributed by atoms with Gasteiger partial charge in [0.2, 0.25) is 0 Å². The first kappa shape index (κ1) is 80.2. The molecule has 9 nitrogen and oxygen atoms in total. The number of likely N-dealkylation sites (N-methyl/N-ethyl adjacent to an activating group) is 1. The predicted molar refractivity (Wildman–Crippen MR) is 362 cm³/mol. The molecule has 0 heterocycles. The molecule has 0 aliphatic carbocycles. The SMILES string of the molecule is CC/C=C\C/C=C\C/C=C\C/C=C\C/C=C\C/C=C\C/C=C\CCCCCCCCCCCCCCCC(=O)OC(COC(=O)CCCCCCCCCCCCCC/C=C\C/C=C\C/C=C\C/C=C\CC)COP(=O)(O)OCC[N+](C)(C)C. The number of nitrogens with zero attached hydrogens (tertiary/aromatic N) is 1. The van der Waals surface area contributed by atoms with Gasteiger partial charge in [-0.2, -0.15) is 0 Å². The molecule has 10 heteroatoms. The summed E-state index contributed by atoms with van der Waals surface area (Å²) in [7, 11) is 1.47. The van der Waals surface area contributed by atoms with Crippen molar-refractivity contribution in [3.63, 3.8) is 0 Å². The number of rotatable bonds is 61. The second-order valence-corrected chi connectivity index (χ2v) is 24.9. The number of esters is 2. The number of unbranched alkanes of at least 4 members (excludes halogenated alkanes) is 25. The maximum atomic E-state index is 12.9. The molecule has 2 atom stereocenters. The van der Waals surface area contributed by atoms with Crippen LogP contribution in [-0.4, -0.2) is 74.9 Å². The van der Waals surface area contributed by atoms with Crippen molar-refractivity contribution in [1.29, 1.82) is 0 Å². The Kier molecular flexibility index (Phi) is 60.7. The highest BCUT2D eigenvalue weighted by Crippen LogP contribution is 2.43. The molecular formula is C74H127NO8P+.